The molecule has 2 aromatic rings. The summed E-state index contributed by atoms with van der Waals surface area (Å²) < 4.78 is 0. The summed E-state index contributed by atoms with van der Waals surface area (Å²) in [4.78, 5) is 22.1. The number of tetrazole rings is 1. The lowest BCUT2D eigenvalue weighted by Crippen LogP contribution is -2.27. The maximum Gasteiger partial charge on any atom is 0.270 e. The van der Waals surface area contributed by atoms with Crippen LogP contribution in [0.5, 0.6) is 0 Å². The summed E-state index contributed by atoms with van der Waals surface area (Å²) in [7, 11) is 0. The zero-order valence-corrected chi connectivity index (χ0v) is 11.0. The Morgan fingerprint density at radius 3 is 2.90 bits per heavy atom. The van der Waals surface area contributed by atoms with Gasteiger partial charge in [-0.15, -0.1) is 10.2 Å². The van der Waals surface area contributed by atoms with Crippen molar-refractivity contribution in [3.63, 3.8) is 0 Å². The highest BCUT2D eigenvalue weighted by atomic mass is 35.5. The number of aromatic amines is 1. The minimum atomic E-state index is -0.601. The van der Waals surface area contributed by atoms with Gasteiger partial charge in [0.15, 0.2) is 5.82 Å². The van der Waals surface area contributed by atoms with Crippen molar-refractivity contribution in [3.8, 4) is 0 Å². The van der Waals surface area contributed by atoms with Gasteiger partial charge in [0, 0.05) is 12.1 Å². The number of non-ortho nitro benzene ring substituents is 1. The topological polar surface area (TPSA) is 127 Å². The molecule has 1 unspecified atom stereocenters. The van der Waals surface area contributed by atoms with Crippen LogP contribution in [0.3, 0.4) is 0 Å². The number of benzene rings is 1. The molecule has 1 amide bonds. The van der Waals surface area contributed by atoms with Gasteiger partial charge in [0.2, 0.25) is 0 Å². The average Bonchev–Trinajstić information content (AvgIpc) is 2.92. The first-order valence-electron chi connectivity index (χ1n) is 5.47. The third-order valence-corrected chi connectivity index (χ3v) is 2.83. The van der Waals surface area contributed by atoms with Gasteiger partial charge in [-0.3, -0.25) is 14.9 Å². The number of aromatic nitrogens is 4. The maximum absolute atomic E-state index is 12.0. The predicted molar refractivity (Wildman–Crippen MR) is 68.2 cm³/mol. The van der Waals surface area contributed by atoms with E-state index in [9.17, 15) is 14.9 Å². The van der Waals surface area contributed by atoms with Crippen LogP contribution in [0.1, 0.15) is 29.1 Å². The summed E-state index contributed by atoms with van der Waals surface area (Å²) >= 11 is 5.87. The smallest absolute Gasteiger partial charge is 0.270 e. The zero-order valence-electron chi connectivity index (χ0n) is 10.2. The number of halogens is 1. The highest BCUT2D eigenvalue weighted by Gasteiger charge is 2.19. The zero-order chi connectivity index (χ0) is 14.7. The molecule has 104 valence electrons. The SMILES string of the molecule is CC(NC(=O)c1cc([N+](=O)[O-])ccc1Cl)c1nn[nH]n1. The van der Waals surface area contributed by atoms with Crippen molar-refractivity contribution < 1.29 is 9.72 Å². The van der Waals surface area contributed by atoms with Crippen LogP contribution in [0.2, 0.25) is 5.02 Å². The van der Waals surface area contributed by atoms with Crippen LogP contribution >= 0.6 is 11.6 Å². The first-order chi connectivity index (χ1) is 9.49. The van der Waals surface area contributed by atoms with E-state index in [1.807, 2.05) is 0 Å². The second-order valence-corrected chi connectivity index (χ2v) is 4.29. The molecule has 0 saturated heterocycles. The van der Waals surface area contributed by atoms with E-state index in [4.69, 9.17) is 11.6 Å². The molecule has 0 aliphatic heterocycles. The molecule has 9 nitrogen and oxygen atoms in total. The molecule has 0 saturated carbocycles. The summed E-state index contributed by atoms with van der Waals surface area (Å²) in [6.07, 6.45) is 0. The Balaban J connectivity index is 2.20. The van der Waals surface area contributed by atoms with E-state index in [2.05, 4.69) is 25.9 Å². The van der Waals surface area contributed by atoms with Gasteiger partial charge in [-0.05, 0) is 13.0 Å². The van der Waals surface area contributed by atoms with Gasteiger partial charge in [-0.2, -0.15) is 5.21 Å². The third kappa shape index (κ3) is 2.88. The molecule has 0 radical (unpaired) electrons. The van der Waals surface area contributed by atoms with Gasteiger partial charge in [-0.1, -0.05) is 16.8 Å². The first kappa shape index (κ1) is 13.9. The van der Waals surface area contributed by atoms with E-state index in [-0.39, 0.29) is 16.3 Å². The highest BCUT2D eigenvalue weighted by Crippen LogP contribution is 2.22. The Morgan fingerprint density at radius 1 is 1.55 bits per heavy atom. The van der Waals surface area contributed by atoms with Crippen LogP contribution in [-0.4, -0.2) is 31.5 Å². The van der Waals surface area contributed by atoms with E-state index in [1.54, 1.807) is 6.92 Å². The minimum absolute atomic E-state index is 0.0104. The number of nitrogens with one attached hydrogen (secondary N) is 2. The van der Waals surface area contributed by atoms with E-state index in [0.717, 1.165) is 6.07 Å². The van der Waals surface area contributed by atoms with Gasteiger partial charge in [-0.25, -0.2) is 0 Å². The van der Waals surface area contributed by atoms with E-state index < -0.39 is 16.9 Å². The lowest BCUT2D eigenvalue weighted by Gasteiger charge is -2.10. The van der Waals surface area contributed by atoms with Crippen molar-refractivity contribution in [2.45, 2.75) is 13.0 Å². The maximum atomic E-state index is 12.0. The molecule has 1 heterocycles. The van der Waals surface area contributed by atoms with Crippen molar-refractivity contribution in [2.24, 2.45) is 0 Å². The molecule has 0 spiro atoms. The lowest BCUT2D eigenvalue weighted by molar-refractivity contribution is -0.384. The van der Waals surface area contributed by atoms with Gasteiger partial charge >= 0.3 is 0 Å². The number of carbonyl (C=O) groups is 1. The van der Waals surface area contributed by atoms with Crippen molar-refractivity contribution in [1.29, 1.82) is 0 Å². The van der Waals surface area contributed by atoms with Crippen molar-refractivity contribution in [1.82, 2.24) is 25.9 Å². The lowest BCUT2D eigenvalue weighted by atomic mass is 10.1. The molecular weight excluding hydrogens is 288 g/mol. The normalized spacial score (nSPS) is 11.9. The quantitative estimate of drug-likeness (QED) is 0.645. The number of rotatable bonds is 4. The number of amides is 1. The van der Waals surface area contributed by atoms with Crippen molar-refractivity contribution >= 4 is 23.2 Å². The monoisotopic (exact) mass is 296 g/mol. The second-order valence-electron chi connectivity index (χ2n) is 3.89. The molecule has 1 atom stereocenters. The molecule has 0 fully saturated rings. The highest BCUT2D eigenvalue weighted by molar-refractivity contribution is 6.33. The fourth-order valence-electron chi connectivity index (χ4n) is 1.49. The van der Waals surface area contributed by atoms with E-state index >= 15 is 0 Å². The largest absolute Gasteiger partial charge is 0.342 e. The van der Waals surface area contributed by atoms with Gasteiger partial charge < -0.3 is 5.32 Å². The average molecular weight is 297 g/mol. The molecule has 2 rings (SSSR count). The Morgan fingerprint density at radius 2 is 2.30 bits per heavy atom. The fourth-order valence-corrected chi connectivity index (χ4v) is 1.70. The summed E-state index contributed by atoms with van der Waals surface area (Å²) in [5.41, 5.74) is -0.206. The predicted octanol–water partition coefficient (Wildman–Crippen LogP) is 1.25. The Bertz CT molecular complexity index is 644. The minimum Gasteiger partial charge on any atom is -0.342 e. The van der Waals surface area contributed by atoms with E-state index in [1.165, 1.54) is 12.1 Å². The summed E-state index contributed by atoms with van der Waals surface area (Å²) in [5.74, 6) is -0.268. The standard InChI is InChI=1S/C10H9ClN6O3/c1-5(9-13-15-16-14-9)12-10(18)7-4-6(17(19)20)2-3-8(7)11/h2-5H,1H3,(H,12,18)(H,13,14,15,16). The molecule has 10 heteroatoms. The second kappa shape index (κ2) is 5.61. The number of hydrogen-bond donors (Lipinski definition) is 2. The van der Waals surface area contributed by atoms with Gasteiger partial charge in [0.05, 0.1) is 21.6 Å². The van der Waals surface area contributed by atoms with Crippen molar-refractivity contribution in [3.05, 3.63) is 44.7 Å². The third-order valence-electron chi connectivity index (χ3n) is 2.50. The molecule has 0 bridgehead atoms. The van der Waals surface area contributed by atoms with Gasteiger partial charge in [0.1, 0.15) is 0 Å². The number of nitro benzene ring substituents is 1. The van der Waals surface area contributed by atoms with Crippen LogP contribution in [0.25, 0.3) is 0 Å². The Hall–Kier alpha value is -2.55. The molecule has 0 aliphatic rings. The van der Waals surface area contributed by atoms with Crippen LogP contribution in [-0.2, 0) is 0 Å². The van der Waals surface area contributed by atoms with Crippen LogP contribution < -0.4 is 5.32 Å². The summed E-state index contributed by atoms with van der Waals surface area (Å²) in [5, 5.41) is 26.5. The summed E-state index contributed by atoms with van der Waals surface area (Å²) in [6, 6.07) is 3.12. The van der Waals surface area contributed by atoms with Crippen LogP contribution in [0, 0.1) is 10.1 Å². The van der Waals surface area contributed by atoms with Crippen LogP contribution in [0.4, 0.5) is 5.69 Å². The van der Waals surface area contributed by atoms with E-state index in [0.29, 0.717) is 5.82 Å². The Kier molecular flexibility index (Phi) is 3.89. The van der Waals surface area contributed by atoms with Crippen molar-refractivity contribution in [2.75, 3.05) is 0 Å². The van der Waals surface area contributed by atoms with Crippen LogP contribution in [0.15, 0.2) is 18.2 Å². The Labute approximate surface area is 117 Å². The molecule has 20 heavy (non-hydrogen) atoms. The molecule has 1 aromatic heterocycles. The summed E-state index contributed by atoms with van der Waals surface area (Å²) in [6.45, 7) is 1.65. The molecule has 2 N–H and O–H groups in total. The number of carbonyl (C=O) groups excluding carboxylic acids is 1. The number of H-pyrrole nitrogens is 1. The molecule has 0 aliphatic carbocycles. The van der Waals surface area contributed by atoms with Gasteiger partial charge in [0.25, 0.3) is 11.6 Å². The molecular formula is C10H9ClN6O3. The fraction of sp³-hybridized carbons (Fsp3) is 0.200. The number of hydrogen-bond acceptors (Lipinski definition) is 6. The first-order valence-corrected chi connectivity index (χ1v) is 5.85. The number of nitro groups is 1. The molecule has 1 aromatic carbocycles. The number of nitrogens with zero attached hydrogens (tertiary/aromatic N) is 4.